The van der Waals surface area contributed by atoms with Gasteiger partial charge in [-0.25, -0.2) is 0 Å². The molecule has 0 saturated carbocycles. The van der Waals surface area contributed by atoms with Crippen LogP contribution in [0.1, 0.15) is 66.2 Å². The van der Waals surface area contributed by atoms with E-state index in [4.69, 9.17) is 9.47 Å². The van der Waals surface area contributed by atoms with Gasteiger partial charge in [0.05, 0.1) is 23.9 Å². The Morgan fingerprint density at radius 2 is 1.52 bits per heavy atom. The number of hydrogen-bond donors (Lipinski definition) is 1. The summed E-state index contributed by atoms with van der Waals surface area (Å²) in [4.78, 5) is 0. The fourth-order valence-electron chi connectivity index (χ4n) is 6.49. The topological polar surface area (TPSA) is 38.7 Å². The Labute approximate surface area is 201 Å². The van der Waals surface area contributed by atoms with Crippen molar-refractivity contribution in [3.63, 3.8) is 0 Å². The molecule has 0 amide bonds. The average Bonchev–Trinajstić information content (AvgIpc) is 3.14. The summed E-state index contributed by atoms with van der Waals surface area (Å²) in [6.45, 7) is 9.81. The summed E-state index contributed by atoms with van der Waals surface area (Å²) >= 11 is 0. The second kappa shape index (κ2) is 10.0. The second-order valence-corrected chi connectivity index (χ2v) is 16.3. The standard InChI is InChI=1S/C29H42O3Si/c1-28(2,3)33(25-13-7-5-8-14-25,26-15-9-6-10-16-26)21-19-23-17-18-27-29(4,32-23)22-24(31-27)12-11-20-30/h5-10,13-16,23-24,27,30H,11-12,17-22H2,1-4H3. The monoisotopic (exact) mass is 466 g/mol. The quantitative estimate of drug-likeness (QED) is 0.536. The van der Waals surface area contributed by atoms with E-state index in [0.717, 1.165) is 38.5 Å². The number of hydrogen-bond acceptors (Lipinski definition) is 3. The van der Waals surface area contributed by atoms with Crippen LogP contribution in [0.15, 0.2) is 60.7 Å². The number of aliphatic hydroxyl groups is 1. The molecule has 2 fully saturated rings. The van der Waals surface area contributed by atoms with E-state index in [-0.39, 0.29) is 35.6 Å². The van der Waals surface area contributed by atoms with Crippen molar-refractivity contribution in [3.05, 3.63) is 60.7 Å². The van der Waals surface area contributed by atoms with Crippen molar-refractivity contribution in [1.82, 2.24) is 0 Å². The Balaban J connectivity index is 1.56. The third kappa shape index (κ3) is 5.00. The zero-order chi connectivity index (χ0) is 23.5. The molecule has 4 unspecified atom stereocenters. The molecule has 2 aromatic rings. The number of aliphatic hydroxyl groups excluding tert-OH is 1. The second-order valence-electron chi connectivity index (χ2n) is 11.4. The van der Waals surface area contributed by atoms with Crippen molar-refractivity contribution in [2.24, 2.45) is 0 Å². The molecule has 4 heteroatoms. The van der Waals surface area contributed by atoms with E-state index in [2.05, 4.69) is 88.4 Å². The fraction of sp³-hybridized carbons (Fsp3) is 0.586. The van der Waals surface area contributed by atoms with E-state index in [9.17, 15) is 5.11 Å². The van der Waals surface area contributed by atoms with Crippen LogP contribution in [0.5, 0.6) is 0 Å². The Kier molecular flexibility index (Phi) is 7.49. The maximum atomic E-state index is 9.21. The van der Waals surface area contributed by atoms with Crippen LogP contribution >= 0.6 is 0 Å². The lowest BCUT2D eigenvalue weighted by Gasteiger charge is -2.46. The normalized spacial score (nSPS) is 28.0. The molecular weight excluding hydrogens is 424 g/mol. The van der Waals surface area contributed by atoms with Crippen LogP contribution in [0.4, 0.5) is 0 Å². The lowest BCUT2D eigenvalue weighted by Crippen LogP contribution is -2.64. The zero-order valence-electron chi connectivity index (χ0n) is 20.9. The molecule has 1 N–H and O–H groups in total. The number of benzene rings is 2. The largest absolute Gasteiger partial charge is 0.396 e. The van der Waals surface area contributed by atoms with E-state index in [1.165, 1.54) is 16.4 Å². The smallest absolute Gasteiger partial charge is 0.123 e. The van der Waals surface area contributed by atoms with Gasteiger partial charge in [-0.1, -0.05) is 91.8 Å². The molecule has 0 radical (unpaired) electrons. The molecule has 2 saturated heterocycles. The van der Waals surface area contributed by atoms with E-state index in [1.54, 1.807) is 0 Å². The fourth-order valence-corrected chi connectivity index (χ4v) is 12.2. The van der Waals surface area contributed by atoms with Gasteiger partial charge < -0.3 is 14.6 Å². The molecule has 2 aliphatic rings. The van der Waals surface area contributed by atoms with Crippen LogP contribution in [0, 0.1) is 0 Å². The highest BCUT2D eigenvalue weighted by Crippen LogP contribution is 2.45. The SMILES string of the molecule is CC12CC(CCCO)OC1CCC(CC[Si](c1ccccc1)(c1ccccc1)C(C)(C)C)O2. The maximum absolute atomic E-state index is 9.21. The highest BCUT2D eigenvalue weighted by molar-refractivity contribution is 7.04. The third-order valence-electron chi connectivity index (χ3n) is 8.20. The Morgan fingerprint density at radius 1 is 0.909 bits per heavy atom. The minimum absolute atomic E-state index is 0.183. The van der Waals surface area contributed by atoms with Crippen molar-refractivity contribution in [1.29, 1.82) is 0 Å². The van der Waals surface area contributed by atoms with Gasteiger partial charge in [0.1, 0.15) is 8.07 Å². The van der Waals surface area contributed by atoms with Crippen LogP contribution < -0.4 is 10.4 Å². The first kappa shape index (κ1) is 24.7. The highest BCUT2D eigenvalue weighted by Gasteiger charge is 2.51. The molecule has 4 rings (SSSR count). The van der Waals surface area contributed by atoms with Crippen molar-refractivity contribution in [3.8, 4) is 0 Å². The van der Waals surface area contributed by atoms with Crippen molar-refractivity contribution >= 4 is 18.4 Å². The van der Waals surface area contributed by atoms with Gasteiger partial charge in [-0.05, 0) is 50.1 Å². The van der Waals surface area contributed by atoms with Crippen LogP contribution in [0.25, 0.3) is 0 Å². The van der Waals surface area contributed by atoms with Gasteiger partial charge in [0, 0.05) is 13.0 Å². The summed E-state index contributed by atoms with van der Waals surface area (Å²) in [6.07, 6.45) is 6.65. The molecule has 2 aromatic carbocycles. The molecule has 180 valence electrons. The first-order valence-electron chi connectivity index (χ1n) is 12.8. The van der Waals surface area contributed by atoms with E-state index < -0.39 is 8.07 Å². The van der Waals surface area contributed by atoms with Gasteiger partial charge in [-0.3, -0.25) is 0 Å². The number of rotatable bonds is 8. The number of ether oxygens (including phenoxy) is 2. The predicted molar refractivity (Wildman–Crippen MR) is 139 cm³/mol. The third-order valence-corrected chi connectivity index (χ3v) is 14.4. The lowest BCUT2D eigenvalue weighted by molar-refractivity contribution is -0.156. The van der Waals surface area contributed by atoms with Gasteiger partial charge in [-0.2, -0.15) is 0 Å². The summed E-state index contributed by atoms with van der Waals surface area (Å²) in [5.41, 5.74) is -0.186. The molecule has 0 spiro atoms. The first-order chi connectivity index (χ1) is 15.8. The molecule has 2 aliphatic heterocycles. The Morgan fingerprint density at radius 3 is 2.06 bits per heavy atom. The van der Waals surface area contributed by atoms with Crippen LogP contribution in [0.2, 0.25) is 11.1 Å². The van der Waals surface area contributed by atoms with Gasteiger partial charge >= 0.3 is 0 Å². The van der Waals surface area contributed by atoms with E-state index in [0.29, 0.717) is 0 Å². The van der Waals surface area contributed by atoms with Crippen molar-refractivity contribution < 1.29 is 14.6 Å². The zero-order valence-corrected chi connectivity index (χ0v) is 21.9. The van der Waals surface area contributed by atoms with Crippen LogP contribution in [-0.4, -0.2) is 43.7 Å². The molecule has 0 aliphatic carbocycles. The Hall–Kier alpha value is -1.46. The molecule has 0 aromatic heterocycles. The predicted octanol–water partition coefficient (Wildman–Crippen LogP) is 5.31. The highest BCUT2D eigenvalue weighted by atomic mass is 28.3. The molecule has 4 atom stereocenters. The number of fused-ring (bicyclic) bond motifs is 1. The first-order valence-corrected chi connectivity index (χ1v) is 15.0. The van der Waals surface area contributed by atoms with E-state index >= 15 is 0 Å². The summed E-state index contributed by atoms with van der Waals surface area (Å²) in [5, 5.41) is 12.4. The molecule has 33 heavy (non-hydrogen) atoms. The van der Waals surface area contributed by atoms with E-state index in [1.807, 2.05) is 0 Å². The van der Waals surface area contributed by atoms with Crippen LogP contribution in [0.3, 0.4) is 0 Å². The molecule has 2 heterocycles. The molecule has 0 bridgehead atoms. The lowest BCUT2D eigenvalue weighted by atomic mass is 9.87. The summed E-state index contributed by atoms with van der Waals surface area (Å²) in [6, 6.07) is 23.7. The minimum atomic E-state index is -2.06. The van der Waals surface area contributed by atoms with Crippen LogP contribution in [-0.2, 0) is 9.47 Å². The van der Waals surface area contributed by atoms with Gasteiger partial charge in [0.15, 0.2) is 0 Å². The summed E-state index contributed by atoms with van der Waals surface area (Å²) in [5.74, 6) is 0. The average molecular weight is 467 g/mol. The van der Waals surface area contributed by atoms with Crippen molar-refractivity contribution in [2.75, 3.05) is 6.61 Å². The van der Waals surface area contributed by atoms with Gasteiger partial charge in [0.2, 0.25) is 0 Å². The molecular formula is C29H42O3Si. The van der Waals surface area contributed by atoms with Gasteiger partial charge in [0.25, 0.3) is 0 Å². The van der Waals surface area contributed by atoms with Gasteiger partial charge in [-0.15, -0.1) is 0 Å². The van der Waals surface area contributed by atoms with Crippen molar-refractivity contribution in [2.45, 2.75) is 101 Å². The summed E-state index contributed by atoms with van der Waals surface area (Å²) in [7, 11) is -2.06. The Bertz CT molecular complexity index is 839. The maximum Gasteiger partial charge on any atom is 0.123 e. The molecule has 3 nitrogen and oxygen atoms in total. The summed E-state index contributed by atoms with van der Waals surface area (Å²) < 4.78 is 13.2. The minimum Gasteiger partial charge on any atom is -0.396 e.